The Morgan fingerprint density at radius 1 is 1.07 bits per heavy atom. The molecule has 1 aliphatic heterocycles. The topological polar surface area (TPSA) is 141 Å². The van der Waals surface area contributed by atoms with E-state index in [1.165, 1.54) is 30.3 Å². The Bertz CT molecular complexity index is 1050. The summed E-state index contributed by atoms with van der Waals surface area (Å²) in [6.07, 6.45) is -0.0829. The molecule has 9 nitrogen and oxygen atoms in total. The van der Waals surface area contributed by atoms with Crippen molar-refractivity contribution in [1.29, 1.82) is 0 Å². The van der Waals surface area contributed by atoms with E-state index in [1.807, 2.05) is 0 Å². The van der Waals surface area contributed by atoms with Crippen LogP contribution in [-0.4, -0.2) is 42.2 Å². The quantitative estimate of drug-likeness (QED) is 0.716. The molecule has 0 spiro atoms. The van der Waals surface area contributed by atoms with Gasteiger partial charge in [-0.1, -0.05) is 0 Å². The van der Waals surface area contributed by atoms with Crippen molar-refractivity contribution in [2.24, 2.45) is 0 Å². The number of amides is 2. The van der Waals surface area contributed by atoms with E-state index in [9.17, 15) is 27.9 Å². The molecule has 1 saturated heterocycles. The van der Waals surface area contributed by atoms with E-state index in [1.54, 1.807) is 0 Å². The Morgan fingerprint density at radius 3 is 2.26 bits per heavy atom. The van der Waals surface area contributed by atoms with Crippen molar-refractivity contribution in [2.75, 3.05) is 15.4 Å². The van der Waals surface area contributed by atoms with Gasteiger partial charge in [0.05, 0.1) is 11.4 Å². The van der Waals surface area contributed by atoms with E-state index in [0.717, 1.165) is 16.4 Å². The summed E-state index contributed by atoms with van der Waals surface area (Å²) in [4.78, 5) is 34.9. The lowest BCUT2D eigenvalue weighted by molar-refractivity contribution is -0.116. The number of nitrogens with zero attached hydrogens (tertiary/aromatic N) is 1. The molecule has 0 unspecified atom stereocenters. The molecule has 1 fully saturated rings. The monoisotopic (exact) mass is 390 g/mol. The fourth-order valence-electron chi connectivity index (χ4n) is 2.61. The Hall–Kier alpha value is -3.40. The highest BCUT2D eigenvalue weighted by Crippen LogP contribution is 2.26. The van der Waals surface area contributed by atoms with Crippen LogP contribution in [0.4, 0.5) is 11.4 Å². The van der Waals surface area contributed by atoms with E-state index < -0.39 is 33.6 Å². The molecule has 2 amide bonds. The summed E-state index contributed by atoms with van der Waals surface area (Å²) < 4.78 is 24.5. The highest BCUT2D eigenvalue weighted by molar-refractivity contribution is 7.94. The summed E-state index contributed by atoms with van der Waals surface area (Å²) in [6, 6.07) is 8.99. The van der Waals surface area contributed by atoms with Crippen LogP contribution in [0.25, 0.3) is 0 Å². The molecule has 10 heteroatoms. The van der Waals surface area contributed by atoms with Crippen LogP contribution in [0.1, 0.15) is 27.1 Å². The van der Waals surface area contributed by atoms with Crippen LogP contribution in [-0.2, 0) is 14.8 Å². The van der Waals surface area contributed by atoms with Crippen molar-refractivity contribution in [3.63, 3.8) is 0 Å². The lowest BCUT2D eigenvalue weighted by Gasteiger charge is -2.15. The minimum atomic E-state index is -3.68. The highest BCUT2D eigenvalue weighted by Gasteiger charge is 2.36. The molecular weight excluding hydrogens is 376 g/mol. The number of carboxylic acids is 1. The van der Waals surface area contributed by atoms with Gasteiger partial charge in [-0.25, -0.2) is 17.5 Å². The number of rotatable bonds is 4. The zero-order valence-corrected chi connectivity index (χ0v) is 14.6. The number of aromatic carboxylic acids is 1. The number of aromatic hydroxyl groups is 1. The molecule has 2 aromatic rings. The summed E-state index contributed by atoms with van der Waals surface area (Å²) in [5.41, 5.74) is 0.222. The maximum absolute atomic E-state index is 12.3. The standard InChI is InChI=1S/C17H14N2O7S/c20-14-9-11(3-6-13(14)17(23)24)18-16(22)10-1-4-12(5-2-10)19-15(21)7-8-27(19,25)26/h1-6,9,20H,7-8H2,(H,18,22)(H,23,24). The summed E-state index contributed by atoms with van der Waals surface area (Å²) in [7, 11) is -3.68. The first-order valence-corrected chi connectivity index (χ1v) is 9.33. The first-order chi connectivity index (χ1) is 12.7. The predicted octanol–water partition coefficient (Wildman–Crippen LogP) is 1.41. The molecule has 1 aliphatic rings. The summed E-state index contributed by atoms with van der Waals surface area (Å²) in [5, 5.41) is 21.0. The number of hydrogen-bond donors (Lipinski definition) is 3. The number of carbonyl (C=O) groups is 3. The van der Waals surface area contributed by atoms with Crippen LogP contribution in [0.5, 0.6) is 5.75 Å². The predicted molar refractivity (Wildman–Crippen MR) is 95.4 cm³/mol. The molecule has 0 bridgehead atoms. The lowest BCUT2D eigenvalue weighted by atomic mass is 10.1. The first kappa shape index (κ1) is 18.4. The number of hydrogen-bond acceptors (Lipinski definition) is 6. The second-order valence-electron chi connectivity index (χ2n) is 5.76. The van der Waals surface area contributed by atoms with Crippen LogP contribution in [0.15, 0.2) is 42.5 Å². The van der Waals surface area contributed by atoms with Crippen LogP contribution in [0.2, 0.25) is 0 Å². The molecule has 2 aromatic carbocycles. The van der Waals surface area contributed by atoms with Gasteiger partial charge in [-0.05, 0) is 36.4 Å². The van der Waals surface area contributed by atoms with E-state index in [2.05, 4.69) is 5.32 Å². The van der Waals surface area contributed by atoms with Gasteiger partial charge < -0.3 is 15.5 Å². The normalized spacial score (nSPS) is 15.6. The molecule has 1 heterocycles. The number of sulfonamides is 1. The molecule has 0 atom stereocenters. The van der Waals surface area contributed by atoms with Crippen LogP contribution in [0.3, 0.4) is 0 Å². The van der Waals surface area contributed by atoms with Crippen molar-refractivity contribution in [3.8, 4) is 5.75 Å². The van der Waals surface area contributed by atoms with E-state index >= 15 is 0 Å². The number of nitrogens with one attached hydrogen (secondary N) is 1. The minimum Gasteiger partial charge on any atom is -0.507 e. The molecular formula is C17H14N2O7S. The number of carboxylic acid groups (broad SMARTS) is 1. The van der Waals surface area contributed by atoms with Crippen molar-refractivity contribution in [1.82, 2.24) is 0 Å². The molecule has 0 saturated carbocycles. The Labute approximate surface area is 153 Å². The lowest BCUT2D eigenvalue weighted by Crippen LogP contribution is -2.29. The highest BCUT2D eigenvalue weighted by atomic mass is 32.2. The Morgan fingerprint density at radius 2 is 1.74 bits per heavy atom. The second kappa shape index (κ2) is 6.72. The largest absolute Gasteiger partial charge is 0.507 e. The molecule has 3 N–H and O–H groups in total. The zero-order chi connectivity index (χ0) is 19.8. The zero-order valence-electron chi connectivity index (χ0n) is 13.7. The van der Waals surface area contributed by atoms with Gasteiger partial charge in [-0.2, -0.15) is 0 Å². The number of anilines is 2. The van der Waals surface area contributed by atoms with E-state index in [4.69, 9.17) is 5.11 Å². The van der Waals surface area contributed by atoms with Crippen LogP contribution < -0.4 is 9.62 Å². The molecule has 0 radical (unpaired) electrons. The van der Waals surface area contributed by atoms with Crippen LogP contribution >= 0.6 is 0 Å². The van der Waals surface area contributed by atoms with E-state index in [0.29, 0.717) is 0 Å². The number of carbonyl (C=O) groups excluding carboxylic acids is 2. The van der Waals surface area contributed by atoms with Gasteiger partial charge in [0.25, 0.3) is 5.91 Å². The van der Waals surface area contributed by atoms with Gasteiger partial charge in [0.1, 0.15) is 11.3 Å². The average Bonchev–Trinajstić information content (AvgIpc) is 2.87. The summed E-state index contributed by atoms with van der Waals surface area (Å²) in [6.45, 7) is 0. The Kier molecular flexibility index (Phi) is 4.58. The maximum atomic E-state index is 12.3. The third-order valence-electron chi connectivity index (χ3n) is 3.93. The van der Waals surface area contributed by atoms with Crippen molar-refractivity contribution < 1.29 is 33.0 Å². The van der Waals surface area contributed by atoms with Gasteiger partial charge >= 0.3 is 5.97 Å². The van der Waals surface area contributed by atoms with Crippen molar-refractivity contribution >= 4 is 39.2 Å². The first-order valence-electron chi connectivity index (χ1n) is 7.72. The van der Waals surface area contributed by atoms with Gasteiger partial charge in [0.15, 0.2) is 0 Å². The number of phenols is 1. The maximum Gasteiger partial charge on any atom is 0.339 e. The van der Waals surface area contributed by atoms with Gasteiger partial charge in [0, 0.05) is 23.7 Å². The van der Waals surface area contributed by atoms with Crippen LogP contribution in [0, 0.1) is 0 Å². The summed E-state index contributed by atoms with van der Waals surface area (Å²) in [5.74, 6) is -3.12. The third-order valence-corrected chi connectivity index (χ3v) is 5.62. The average molecular weight is 390 g/mol. The smallest absolute Gasteiger partial charge is 0.339 e. The van der Waals surface area contributed by atoms with Gasteiger partial charge in [0.2, 0.25) is 15.9 Å². The van der Waals surface area contributed by atoms with Gasteiger partial charge in [-0.15, -0.1) is 0 Å². The SMILES string of the molecule is O=C(Nc1ccc(C(=O)O)c(O)c1)c1ccc(N2C(=O)CCS2(=O)=O)cc1. The Balaban J connectivity index is 1.78. The summed E-state index contributed by atoms with van der Waals surface area (Å²) >= 11 is 0. The third kappa shape index (κ3) is 3.60. The fraction of sp³-hybridized carbons (Fsp3) is 0.118. The number of benzene rings is 2. The van der Waals surface area contributed by atoms with Crippen molar-refractivity contribution in [2.45, 2.75) is 6.42 Å². The second-order valence-corrected chi connectivity index (χ2v) is 7.70. The minimum absolute atomic E-state index is 0.0829. The van der Waals surface area contributed by atoms with Gasteiger partial charge in [-0.3, -0.25) is 9.59 Å². The molecule has 0 aliphatic carbocycles. The molecule has 0 aromatic heterocycles. The molecule has 3 rings (SSSR count). The van der Waals surface area contributed by atoms with E-state index in [-0.39, 0.29) is 34.7 Å². The fourth-order valence-corrected chi connectivity index (χ4v) is 4.07. The molecule has 27 heavy (non-hydrogen) atoms. The van der Waals surface area contributed by atoms with Crippen molar-refractivity contribution in [3.05, 3.63) is 53.6 Å². The molecule has 140 valence electrons.